The van der Waals surface area contributed by atoms with Crippen molar-refractivity contribution in [2.45, 2.75) is 19.4 Å². The quantitative estimate of drug-likeness (QED) is 0.579. The van der Waals surface area contributed by atoms with Crippen LogP contribution in [0.5, 0.6) is 0 Å². The van der Waals surface area contributed by atoms with Crippen LogP contribution in [0.25, 0.3) is 0 Å². The highest BCUT2D eigenvalue weighted by Gasteiger charge is 2.12. The molecule has 5 heteroatoms. The molecule has 1 aromatic carbocycles. The van der Waals surface area contributed by atoms with Gasteiger partial charge in [-0.15, -0.1) is 0 Å². The van der Waals surface area contributed by atoms with Gasteiger partial charge in [0, 0.05) is 5.71 Å². The number of methoxy groups -OCH3 is 2. The molecule has 0 saturated carbocycles. The Morgan fingerprint density at radius 2 is 1.53 bits per heavy atom. The minimum atomic E-state index is -0.421. The maximum atomic E-state index is 11.2. The van der Waals surface area contributed by atoms with Gasteiger partial charge >= 0.3 is 11.9 Å². The van der Waals surface area contributed by atoms with Crippen LogP contribution in [0.3, 0.4) is 0 Å². The van der Waals surface area contributed by atoms with Gasteiger partial charge < -0.3 is 9.47 Å². The maximum Gasteiger partial charge on any atom is 0.311 e. The lowest BCUT2D eigenvalue weighted by molar-refractivity contribution is -0.139. The summed E-state index contributed by atoms with van der Waals surface area (Å²) in [4.78, 5) is 26.8. The molecule has 19 heavy (non-hydrogen) atoms. The summed E-state index contributed by atoms with van der Waals surface area (Å²) in [7, 11) is 2.60. The Labute approximate surface area is 112 Å². The summed E-state index contributed by atoms with van der Waals surface area (Å²) < 4.78 is 9.15. The molecule has 0 amide bonds. The zero-order chi connectivity index (χ0) is 14.1. The van der Waals surface area contributed by atoms with Gasteiger partial charge in [-0.2, -0.15) is 0 Å². The molecule has 0 aliphatic carbocycles. The third-order valence-electron chi connectivity index (χ3n) is 2.48. The fourth-order valence-electron chi connectivity index (χ4n) is 1.44. The van der Waals surface area contributed by atoms with Crippen molar-refractivity contribution in [3.63, 3.8) is 0 Å². The van der Waals surface area contributed by atoms with E-state index in [0.717, 1.165) is 5.56 Å². The summed E-state index contributed by atoms with van der Waals surface area (Å²) in [5, 5.41) is 0. The second-order valence-electron chi connectivity index (χ2n) is 3.87. The number of nitrogens with zero attached hydrogens (tertiary/aromatic N) is 1. The maximum absolute atomic E-state index is 11.2. The van der Waals surface area contributed by atoms with Crippen molar-refractivity contribution in [3.05, 3.63) is 35.9 Å². The molecule has 0 saturated heterocycles. The number of rotatable bonds is 6. The van der Waals surface area contributed by atoms with E-state index in [0.29, 0.717) is 12.3 Å². The Bertz CT molecular complexity index is 434. The van der Waals surface area contributed by atoms with Gasteiger partial charge in [0.25, 0.3) is 0 Å². The zero-order valence-corrected chi connectivity index (χ0v) is 11.1. The van der Waals surface area contributed by atoms with Crippen molar-refractivity contribution in [1.29, 1.82) is 0 Å². The Kier molecular flexibility index (Phi) is 6.29. The molecule has 1 rings (SSSR count). The standard InChI is InChI=1S/C14H17NO4/c1-18-13(16)8-12(9-14(17)19-2)15-10-11-6-4-3-5-7-11/h3-7H,8-10H2,1-2H3. The Morgan fingerprint density at radius 3 is 2.00 bits per heavy atom. The number of aliphatic imine (C=N–C) groups is 1. The number of hydrogen-bond donors (Lipinski definition) is 0. The fourth-order valence-corrected chi connectivity index (χ4v) is 1.44. The van der Waals surface area contributed by atoms with E-state index in [2.05, 4.69) is 14.5 Å². The van der Waals surface area contributed by atoms with Crippen molar-refractivity contribution >= 4 is 17.7 Å². The normalized spacial score (nSPS) is 9.58. The minimum Gasteiger partial charge on any atom is -0.469 e. The number of benzene rings is 1. The molecular formula is C14H17NO4. The van der Waals surface area contributed by atoms with Gasteiger partial charge in [-0.1, -0.05) is 30.3 Å². The van der Waals surface area contributed by atoms with Crippen LogP contribution in [0.2, 0.25) is 0 Å². The van der Waals surface area contributed by atoms with E-state index in [1.54, 1.807) is 0 Å². The molecule has 0 N–H and O–H groups in total. The van der Waals surface area contributed by atoms with Crippen LogP contribution in [0.4, 0.5) is 0 Å². The number of esters is 2. The van der Waals surface area contributed by atoms with Crippen LogP contribution in [0, 0.1) is 0 Å². The van der Waals surface area contributed by atoms with Gasteiger partial charge in [-0.25, -0.2) is 0 Å². The van der Waals surface area contributed by atoms with Crippen LogP contribution in [-0.4, -0.2) is 31.9 Å². The first-order valence-electron chi connectivity index (χ1n) is 5.85. The van der Waals surface area contributed by atoms with Gasteiger partial charge in [0.05, 0.1) is 33.6 Å². The molecular weight excluding hydrogens is 246 g/mol. The highest BCUT2D eigenvalue weighted by Crippen LogP contribution is 2.04. The minimum absolute atomic E-state index is 0.00155. The van der Waals surface area contributed by atoms with Crippen LogP contribution in [-0.2, 0) is 25.6 Å². The molecule has 102 valence electrons. The molecule has 0 aliphatic heterocycles. The third-order valence-corrected chi connectivity index (χ3v) is 2.48. The van der Waals surface area contributed by atoms with Gasteiger partial charge in [0.2, 0.25) is 0 Å². The molecule has 0 bridgehead atoms. The topological polar surface area (TPSA) is 65.0 Å². The second-order valence-corrected chi connectivity index (χ2v) is 3.87. The van der Waals surface area contributed by atoms with E-state index >= 15 is 0 Å². The zero-order valence-electron chi connectivity index (χ0n) is 11.1. The molecule has 0 spiro atoms. The SMILES string of the molecule is COC(=O)CC(CC(=O)OC)=NCc1ccccc1. The van der Waals surface area contributed by atoms with E-state index in [1.807, 2.05) is 30.3 Å². The smallest absolute Gasteiger partial charge is 0.311 e. The average molecular weight is 263 g/mol. The number of carbonyl (C=O) groups excluding carboxylic acids is 2. The van der Waals surface area contributed by atoms with Crippen LogP contribution in [0.15, 0.2) is 35.3 Å². The van der Waals surface area contributed by atoms with Gasteiger partial charge in [0.15, 0.2) is 0 Å². The molecule has 0 heterocycles. The predicted octanol–water partition coefficient (Wildman–Crippen LogP) is 1.75. The highest BCUT2D eigenvalue weighted by molar-refractivity contribution is 6.06. The summed E-state index contributed by atoms with van der Waals surface area (Å²) in [6, 6.07) is 9.59. The number of hydrogen-bond acceptors (Lipinski definition) is 5. The molecule has 0 radical (unpaired) electrons. The van der Waals surface area contributed by atoms with E-state index in [4.69, 9.17) is 0 Å². The third kappa shape index (κ3) is 5.81. The highest BCUT2D eigenvalue weighted by atomic mass is 16.5. The molecule has 0 atom stereocenters. The molecule has 0 unspecified atom stereocenters. The first-order valence-corrected chi connectivity index (χ1v) is 5.85. The number of ether oxygens (including phenoxy) is 2. The second kappa shape index (κ2) is 8.02. The lowest BCUT2D eigenvalue weighted by Crippen LogP contribution is -2.15. The Morgan fingerprint density at radius 1 is 1.00 bits per heavy atom. The van der Waals surface area contributed by atoms with Crippen LogP contribution >= 0.6 is 0 Å². The van der Waals surface area contributed by atoms with Crippen molar-refractivity contribution in [2.24, 2.45) is 4.99 Å². The van der Waals surface area contributed by atoms with Crippen LogP contribution < -0.4 is 0 Å². The van der Waals surface area contributed by atoms with Gasteiger partial charge in [-0.05, 0) is 5.56 Å². The van der Waals surface area contributed by atoms with E-state index in [1.165, 1.54) is 14.2 Å². The van der Waals surface area contributed by atoms with Crippen molar-refractivity contribution in [3.8, 4) is 0 Å². The van der Waals surface area contributed by atoms with E-state index in [9.17, 15) is 9.59 Å². The summed E-state index contributed by atoms with van der Waals surface area (Å²) in [5.41, 5.74) is 1.47. The van der Waals surface area contributed by atoms with Crippen molar-refractivity contribution < 1.29 is 19.1 Å². The Balaban J connectivity index is 2.71. The summed E-state index contributed by atoms with van der Waals surface area (Å²) >= 11 is 0. The van der Waals surface area contributed by atoms with E-state index in [-0.39, 0.29) is 12.8 Å². The molecule has 0 fully saturated rings. The predicted molar refractivity (Wildman–Crippen MR) is 70.8 cm³/mol. The first-order chi connectivity index (χ1) is 9.15. The van der Waals surface area contributed by atoms with Crippen molar-refractivity contribution in [2.75, 3.05) is 14.2 Å². The average Bonchev–Trinajstić information content (AvgIpc) is 2.45. The lowest BCUT2D eigenvalue weighted by Gasteiger charge is -2.05. The summed E-state index contributed by atoms with van der Waals surface area (Å²) in [6.07, 6.45) is -0.00311. The fraction of sp³-hybridized carbons (Fsp3) is 0.357. The molecule has 0 aliphatic rings. The van der Waals surface area contributed by atoms with Gasteiger partial charge in [-0.3, -0.25) is 14.6 Å². The summed E-state index contributed by atoms with van der Waals surface area (Å²) in [6.45, 7) is 0.421. The summed E-state index contributed by atoms with van der Waals surface area (Å²) in [5.74, 6) is -0.841. The Hall–Kier alpha value is -2.17. The van der Waals surface area contributed by atoms with Crippen molar-refractivity contribution in [1.82, 2.24) is 0 Å². The molecule has 5 nitrogen and oxygen atoms in total. The van der Waals surface area contributed by atoms with Crippen LogP contribution in [0.1, 0.15) is 18.4 Å². The van der Waals surface area contributed by atoms with E-state index < -0.39 is 11.9 Å². The molecule has 0 aromatic heterocycles. The molecule has 1 aromatic rings. The monoisotopic (exact) mass is 263 g/mol. The lowest BCUT2D eigenvalue weighted by atomic mass is 10.2. The van der Waals surface area contributed by atoms with Gasteiger partial charge in [0.1, 0.15) is 0 Å². The number of carbonyl (C=O) groups is 2. The first kappa shape index (κ1) is 14.9. The largest absolute Gasteiger partial charge is 0.469 e.